The van der Waals surface area contributed by atoms with Crippen LogP contribution in [0.25, 0.3) is 0 Å². The van der Waals surface area contributed by atoms with E-state index >= 15 is 0 Å². The number of rotatable bonds is 5. The molecule has 2 N–H and O–H groups in total. The molecular weight excluding hydrogens is 294 g/mol. The standard InChI is InChI=1S/C14H20BrNO2/c1-10(16)13-9-11(15)4-5-14(13)18-8-6-12-3-2-7-17-12/h4-5,9-10,12H,2-3,6-8,16H2,1H3/t10-,12?/m0/s1. The van der Waals surface area contributed by atoms with Crippen molar-refractivity contribution in [2.45, 2.75) is 38.3 Å². The molecule has 0 aromatic heterocycles. The van der Waals surface area contributed by atoms with E-state index in [0.29, 0.717) is 12.7 Å². The lowest BCUT2D eigenvalue weighted by Crippen LogP contribution is -2.13. The molecule has 1 saturated heterocycles. The minimum Gasteiger partial charge on any atom is -0.493 e. The van der Waals surface area contributed by atoms with Crippen molar-refractivity contribution in [2.24, 2.45) is 5.73 Å². The number of halogens is 1. The Kier molecular flexibility index (Phi) is 5.03. The van der Waals surface area contributed by atoms with Crippen LogP contribution >= 0.6 is 15.9 Å². The van der Waals surface area contributed by atoms with Crippen LogP contribution in [0, 0.1) is 0 Å². The molecule has 0 saturated carbocycles. The molecule has 1 aromatic rings. The first-order valence-electron chi connectivity index (χ1n) is 6.46. The minimum absolute atomic E-state index is 0.0276. The average Bonchev–Trinajstić information content (AvgIpc) is 2.84. The van der Waals surface area contributed by atoms with Crippen LogP contribution in [0.1, 0.15) is 37.8 Å². The van der Waals surface area contributed by atoms with Crippen molar-refractivity contribution >= 4 is 15.9 Å². The topological polar surface area (TPSA) is 44.5 Å². The van der Waals surface area contributed by atoms with E-state index in [4.69, 9.17) is 15.2 Å². The highest BCUT2D eigenvalue weighted by Gasteiger charge is 2.16. The van der Waals surface area contributed by atoms with Gasteiger partial charge < -0.3 is 15.2 Å². The van der Waals surface area contributed by atoms with Crippen LogP contribution < -0.4 is 10.5 Å². The Balaban J connectivity index is 1.91. The van der Waals surface area contributed by atoms with Gasteiger partial charge in [0.15, 0.2) is 0 Å². The molecule has 1 unspecified atom stereocenters. The number of hydrogen-bond donors (Lipinski definition) is 1. The summed E-state index contributed by atoms with van der Waals surface area (Å²) < 4.78 is 12.4. The normalized spacial score (nSPS) is 20.9. The van der Waals surface area contributed by atoms with E-state index in [9.17, 15) is 0 Å². The summed E-state index contributed by atoms with van der Waals surface area (Å²) >= 11 is 3.46. The molecule has 3 nitrogen and oxygen atoms in total. The minimum atomic E-state index is -0.0276. The Morgan fingerprint density at radius 3 is 3.06 bits per heavy atom. The molecule has 100 valence electrons. The van der Waals surface area contributed by atoms with Crippen LogP contribution in [-0.2, 0) is 4.74 Å². The highest BCUT2D eigenvalue weighted by atomic mass is 79.9. The van der Waals surface area contributed by atoms with Gasteiger partial charge in [-0.3, -0.25) is 0 Å². The summed E-state index contributed by atoms with van der Waals surface area (Å²) in [6.45, 7) is 3.55. The van der Waals surface area contributed by atoms with Crippen molar-refractivity contribution in [3.63, 3.8) is 0 Å². The van der Waals surface area contributed by atoms with E-state index in [1.54, 1.807) is 0 Å². The zero-order valence-electron chi connectivity index (χ0n) is 10.7. The summed E-state index contributed by atoms with van der Waals surface area (Å²) in [6, 6.07) is 5.94. The predicted molar refractivity (Wildman–Crippen MR) is 75.8 cm³/mol. The molecule has 0 amide bonds. The Bertz CT molecular complexity index is 389. The zero-order valence-corrected chi connectivity index (χ0v) is 12.3. The molecule has 0 radical (unpaired) electrons. The van der Waals surface area contributed by atoms with E-state index < -0.39 is 0 Å². The number of hydrogen-bond acceptors (Lipinski definition) is 3. The lowest BCUT2D eigenvalue weighted by atomic mass is 10.1. The van der Waals surface area contributed by atoms with Crippen LogP contribution in [0.3, 0.4) is 0 Å². The van der Waals surface area contributed by atoms with Crippen molar-refractivity contribution in [1.29, 1.82) is 0 Å². The van der Waals surface area contributed by atoms with Gasteiger partial charge in [-0.2, -0.15) is 0 Å². The molecule has 18 heavy (non-hydrogen) atoms. The van der Waals surface area contributed by atoms with E-state index in [1.807, 2.05) is 25.1 Å². The SMILES string of the molecule is C[C@H](N)c1cc(Br)ccc1OCCC1CCCO1. The lowest BCUT2D eigenvalue weighted by Gasteiger charge is -2.16. The van der Waals surface area contributed by atoms with Gasteiger partial charge in [0, 0.05) is 29.1 Å². The maximum atomic E-state index is 5.95. The van der Waals surface area contributed by atoms with Crippen molar-refractivity contribution in [3.05, 3.63) is 28.2 Å². The number of ether oxygens (including phenoxy) is 2. The summed E-state index contributed by atoms with van der Waals surface area (Å²) in [6.07, 6.45) is 3.66. The molecule has 1 aliphatic rings. The Morgan fingerprint density at radius 2 is 2.39 bits per heavy atom. The molecule has 0 spiro atoms. The quantitative estimate of drug-likeness (QED) is 0.906. The molecule has 0 aliphatic carbocycles. The van der Waals surface area contributed by atoms with Gasteiger partial charge in [-0.25, -0.2) is 0 Å². The fourth-order valence-corrected chi connectivity index (χ4v) is 2.56. The van der Waals surface area contributed by atoms with Gasteiger partial charge in [0.1, 0.15) is 5.75 Å². The Morgan fingerprint density at radius 1 is 1.56 bits per heavy atom. The zero-order chi connectivity index (χ0) is 13.0. The van der Waals surface area contributed by atoms with Crippen LogP contribution in [0.2, 0.25) is 0 Å². The molecule has 1 fully saturated rings. The molecular formula is C14H20BrNO2. The monoisotopic (exact) mass is 313 g/mol. The first-order chi connectivity index (χ1) is 8.66. The molecule has 1 heterocycles. The maximum absolute atomic E-state index is 5.95. The maximum Gasteiger partial charge on any atom is 0.124 e. The predicted octanol–water partition coefficient (Wildman–Crippen LogP) is 3.42. The molecule has 2 atom stereocenters. The Hall–Kier alpha value is -0.580. The number of benzene rings is 1. The van der Waals surface area contributed by atoms with E-state index in [1.165, 1.54) is 6.42 Å². The first kappa shape index (κ1) is 13.8. The van der Waals surface area contributed by atoms with Crippen LogP contribution in [-0.4, -0.2) is 19.3 Å². The summed E-state index contributed by atoms with van der Waals surface area (Å²) in [7, 11) is 0. The third-order valence-electron chi connectivity index (χ3n) is 3.18. The van der Waals surface area contributed by atoms with Crippen molar-refractivity contribution in [3.8, 4) is 5.75 Å². The highest BCUT2D eigenvalue weighted by molar-refractivity contribution is 9.10. The van der Waals surface area contributed by atoms with E-state index in [-0.39, 0.29) is 6.04 Å². The third-order valence-corrected chi connectivity index (χ3v) is 3.68. The molecule has 2 rings (SSSR count). The average molecular weight is 314 g/mol. The van der Waals surface area contributed by atoms with Gasteiger partial charge in [0.25, 0.3) is 0 Å². The highest BCUT2D eigenvalue weighted by Crippen LogP contribution is 2.28. The molecule has 0 bridgehead atoms. The fourth-order valence-electron chi connectivity index (χ4n) is 2.18. The van der Waals surface area contributed by atoms with Gasteiger partial charge >= 0.3 is 0 Å². The van der Waals surface area contributed by atoms with Gasteiger partial charge in [-0.15, -0.1) is 0 Å². The van der Waals surface area contributed by atoms with Crippen LogP contribution in [0.15, 0.2) is 22.7 Å². The van der Waals surface area contributed by atoms with Crippen LogP contribution in [0.4, 0.5) is 0 Å². The Labute approximate surface area is 117 Å². The first-order valence-corrected chi connectivity index (χ1v) is 7.25. The summed E-state index contributed by atoms with van der Waals surface area (Å²) in [5.74, 6) is 0.881. The largest absolute Gasteiger partial charge is 0.493 e. The molecule has 4 heteroatoms. The summed E-state index contributed by atoms with van der Waals surface area (Å²) in [5.41, 5.74) is 6.99. The summed E-state index contributed by atoms with van der Waals surface area (Å²) in [5, 5.41) is 0. The van der Waals surface area contributed by atoms with Crippen molar-refractivity contribution < 1.29 is 9.47 Å². The lowest BCUT2D eigenvalue weighted by molar-refractivity contribution is 0.0902. The summed E-state index contributed by atoms with van der Waals surface area (Å²) in [4.78, 5) is 0. The van der Waals surface area contributed by atoms with Gasteiger partial charge in [-0.1, -0.05) is 15.9 Å². The smallest absolute Gasteiger partial charge is 0.124 e. The van der Waals surface area contributed by atoms with Crippen LogP contribution in [0.5, 0.6) is 5.75 Å². The van der Waals surface area contributed by atoms with Gasteiger partial charge in [0.05, 0.1) is 12.7 Å². The second-order valence-electron chi connectivity index (χ2n) is 4.74. The van der Waals surface area contributed by atoms with Gasteiger partial charge in [0.2, 0.25) is 0 Å². The molecule has 1 aliphatic heterocycles. The van der Waals surface area contributed by atoms with E-state index in [2.05, 4.69) is 15.9 Å². The second-order valence-corrected chi connectivity index (χ2v) is 5.66. The van der Waals surface area contributed by atoms with Crippen molar-refractivity contribution in [2.75, 3.05) is 13.2 Å². The van der Waals surface area contributed by atoms with Gasteiger partial charge in [-0.05, 0) is 38.0 Å². The fraction of sp³-hybridized carbons (Fsp3) is 0.571. The molecule has 1 aromatic carbocycles. The van der Waals surface area contributed by atoms with Crippen molar-refractivity contribution in [1.82, 2.24) is 0 Å². The second kappa shape index (κ2) is 6.55. The van der Waals surface area contributed by atoms with E-state index in [0.717, 1.165) is 35.2 Å². The number of nitrogens with two attached hydrogens (primary N) is 1. The third kappa shape index (κ3) is 3.70.